The van der Waals surface area contributed by atoms with Gasteiger partial charge in [0.1, 0.15) is 5.82 Å². The van der Waals surface area contributed by atoms with Gasteiger partial charge in [-0.2, -0.15) is 0 Å². The number of halogens is 2. The Morgan fingerprint density at radius 3 is 2.85 bits per heavy atom. The maximum absolute atomic E-state index is 13.3. The zero-order valence-electron chi connectivity index (χ0n) is 11.0. The summed E-state index contributed by atoms with van der Waals surface area (Å²) < 4.78 is 13.7. The normalized spacial score (nSPS) is 23.0. The molecule has 1 unspecified atom stereocenters. The van der Waals surface area contributed by atoms with Crippen molar-refractivity contribution in [2.24, 2.45) is 0 Å². The lowest BCUT2D eigenvalue weighted by molar-refractivity contribution is 0.0936. The van der Waals surface area contributed by atoms with E-state index in [1.807, 2.05) is 0 Å². The minimum atomic E-state index is -0.519. The third-order valence-electron chi connectivity index (χ3n) is 3.95. The fraction of sp³-hybridized carbons (Fsp3) is 0.500. The maximum atomic E-state index is 13.3. The molecule has 1 aliphatic heterocycles. The maximum Gasteiger partial charge on any atom is 0.252 e. The van der Waals surface area contributed by atoms with Gasteiger partial charge in [0.05, 0.1) is 11.3 Å². The monoisotopic (exact) mass is 341 g/mol. The molecule has 20 heavy (non-hydrogen) atoms. The second-order valence-electron chi connectivity index (χ2n) is 5.54. The van der Waals surface area contributed by atoms with Crippen LogP contribution in [0.5, 0.6) is 0 Å². The Balaban J connectivity index is 1.66. The van der Waals surface area contributed by atoms with E-state index in [1.54, 1.807) is 0 Å². The molecule has 1 saturated carbocycles. The summed E-state index contributed by atoms with van der Waals surface area (Å²) in [6.45, 7) is 1.95. The zero-order valence-corrected chi connectivity index (χ0v) is 12.6. The number of nitrogens with one attached hydrogen (secondary N) is 1. The average Bonchev–Trinajstić information content (AvgIpc) is 3.15. The van der Waals surface area contributed by atoms with Crippen molar-refractivity contribution in [2.45, 2.75) is 31.3 Å². The van der Waals surface area contributed by atoms with Crippen LogP contribution >= 0.6 is 15.9 Å². The summed E-state index contributed by atoms with van der Waals surface area (Å²) in [6.07, 6.45) is 3.53. The standard InChI is InChI=1S/C14H17BrFN3O/c15-11-6-12(16)13(17)5-10(11)14(20)18-8-3-4-19(7-8)9-1-2-9/h5-6,8-9H,1-4,7,17H2,(H,18,20). The molecule has 0 aromatic heterocycles. The van der Waals surface area contributed by atoms with Gasteiger partial charge in [0.2, 0.25) is 0 Å². The Bertz CT molecular complexity index is 547. The largest absolute Gasteiger partial charge is 0.396 e. The number of nitrogen functional groups attached to an aromatic ring is 1. The number of anilines is 1. The van der Waals surface area contributed by atoms with Gasteiger partial charge in [0, 0.05) is 29.6 Å². The molecule has 1 aromatic carbocycles. The lowest BCUT2D eigenvalue weighted by Gasteiger charge is -2.16. The number of carbonyl (C=O) groups is 1. The van der Waals surface area contributed by atoms with Crippen molar-refractivity contribution < 1.29 is 9.18 Å². The molecule has 1 aromatic rings. The van der Waals surface area contributed by atoms with E-state index in [0.717, 1.165) is 25.6 Å². The van der Waals surface area contributed by atoms with Crippen LogP contribution in [0.1, 0.15) is 29.6 Å². The van der Waals surface area contributed by atoms with E-state index in [4.69, 9.17) is 5.73 Å². The molecule has 0 bridgehead atoms. The highest BCUT2D eigenvalue weighted by molar-refractivity contribution is 9.10. The molecule has 1 heterocycles. The number of likely N-dealkylation sites (tertiary alicyclic amines) is 1. The van der Waals surface area contributed by atoms with Crippen LogP contribution in [-0.2, 0) is 0 Å². The second kappa shape index (κ2) is 5.33. The van der Waals surface area contributed by atoms with Crippen LogP contribution in [0.25, 0.3) is 0 Å². The Morgan fingerprint density at radius 1 is 1.40 bits per heavy atom. The van der Waals surface area contributed by atoms with E-state index in [-0.39, 0.29) is 17.6 Å². The van der Waals surface area contributed by atoms with Crippen molar-refractivity contribution in [1.82, 2.24) is 10.2 Å². The molecule has 0 radical (unpaired) electrons. The molecular formula is C14H17BrFN3O. The van der Waals surface area contributed by atoms with Gasteiger partial charge < -0.3 is 11.1 Å². The van der Waals surface area contributed by atoms with Gasteiger partial charge in [-0.1, -0.05) is 0 Å². The van der Waals surface area contributed by atoms with Crippen LogP contribution in [0, 0.1) is 5.82 Å². The van der Waals surface area contributed by atoms with Crippen molar-refractivity contribution in [3.05, 3.63) is 28.0 Å². The number of amides is 1. The Kier molecular flexibility index (Phi) is 3.69. The number of rotatable bonds is 3. The third kappa shape index (κ3) is 2.81. The number of nitrogens with zero attached hydrogens (tertiary/aromatic N) is 1. The van der Waals surface area contributed by atoms with Crippen molar-refractivity contribution in [3.8, 4) is 0 Å². The molecule has 1 aliphatic carbocycles. The quantitative estimate of drug-likeness (QED) is 0.828. The molecule has 3 N–H and O–H groups in total. The topological polar surface area (TPSA) is 58.4 Å². The van der Waals surface area contributed by atoms with Crippen molar-refractivity contribution in [3.63, 3.8) is 0 Å². The highest BCUT2D eigenvalue weighted by Crippen LogP contribution is 2.30. The Labute approximate surface area is 125 Å². The van der Waals surface area contributed by atoms with Crippen LogP contribution in [0.2, 0.25) is 0 Å². The fourth-order valence-electron chi connectivity index (χ4n) is 2.68. The molecule has 2 fully saturated rings. The van der Waals surface area contributed by atoms with Gasteiger partial charge in [0.25, 0.3) is 5.91 Å². The fourth-order valence-corrected chi connectivity index (χ4v) is 3.17. The summed E-state index contributed by atoms with van der Waals surface area (Å²) in [6, 6.07) is 3.50. The van der Waals surface area contributed by atoms with Crippen molar-refractivity contribution >= 4 is 27.5 Å². The van der Waals surface area contributed by atoms with Gasteiger partial charge in [-0.05, 0) is 47.3 Å². The number of benzene rings is 1. The zero-order chi connectivity index (χ0) is 14.3. The minimum absolute atomic E-state index is 0.00983. The van der Waals surface area contributed by atoms with Crippen LogP contribution in [-0.4, -0.2) is 36.0 Å². The molecule has 1 amide bonds. The molecule has 0 spiro atoms. The summed E-state index contributed by atoms with van der Waals surface area (Å²) in [7, 11) is 0. The third-order valence-corrected chi connectivity index (χ3v) is 4.61. The first-order valence-electron chi connectivity index (χ1n) is 6.84. The summed E-state index contributed by atoms with van der Waals surface area (Å²) >= 11 is 3.21. The molecule has 1 saturated heterocycles. The first-order chi connectivity index (χ1) is 9.54. The summed E-state index contributed by atoms with van der Waals surface area (Å²) in [5, 5.41) is 3.01. The summed E-state index contributed by atoms with van der Waals surface area (Å²) in [4.78, 5) is 14.7. The molecule has 4 nitrogen and oxygen atoms in total. The first kappa shape index (κ1) is 13.8. The average molecular weight is 342 g/mol. The predicted octanol–water partition coefficient (Wildman–Crippen LogP) is 2.14. The van der Waals surface area contributed by atoms with E-state index in [2.05, 4.69) is 26.1 Å². The Hall–Kier alpha value is -1.14. The van der Waals surface area contributed by atoms with E-state index >= 15 is 0 Å². The molecule has 2 aliphatic rings. The molecular weight excluding hydrogens is 325 g/mol. The number of hydrogen-bond acceptors (Lipinski definition) is 3. The smallest absolute Gasteiger partial charge is 0.252 e. The van der Waals surface area contributed by atoms with Crippen molar-refractivity contribution in [1.29, 1.82) is 0 Å². The van der Waals surface area contributed by atoms with E-state index in [9.17, 15) is 9.18 Å². The van der Waals surface area contributed by atoms with Crippen LogP contribution in [0.3, 0.4) is 0 Å². The lowest BCUT2D eigenvalue weighted by Crippen LogP contribution is -2.37. The van der Waals surface area contributed by atoms with Gasteiger partial charge in [-0.25, -0.2) is 4.39 Å². The summed E-state index contributed by atoms with van der Waals surface area (Å²) in [5.74, 6) is -0.722. The Morgan fingerprint density at radius 2 is 2.15 bits per heavy atom. The SMILES string of the molecule is Nc1cc(C(=O)NC2CCN(C3CC3)C2)c(Br)cc1F. The predicted molar refractivity (Wildman–Crippen MR) is 79.0 cm³/mol. The van der Waals surface area contributed by atoms with E-state index < -0.39 is 5.82 Å². The van der Waals surface area contributed by atoms with Crippen LogP contribution < -0.4 is 11.1 Å². The molecule has 108 valence electrons. The second-order valence-corrected chi connectivity index (χ2v) is 6.39. The lowest BCUT2D eigenvalue weighted by atomic mass is 10.1. The highest BCUT2D eigenvalue weighted by atomic mass is 79.9. The highest BCUT2D eigenvalue weighted by Gasteiger charge is 2.35. The molecule has 3 rings (SSSR count). The first-order valence-corrected chi connectivity index (χ1v) is 7.63. The van der Waals surface area contributed by atoms with Crippen LogP contribution in [0.15, 0.2) is 16.6 Å². The molecule has 1 atom stereocenters. The van der Waals surface area contributed by atoms with E-state index in [0.29, 0.717) is 10.0 Å². The van der Waals surface area contributed by atoms with Gasteiger partial charge >= 0.3 is 0 Å². The van der Waals surface area contributed by atoms with Gasteiger partial charge in [-0.15, -0.1) is 0 Å². The minimum Gasteiger partial charge on any atom is -0.396 e. The summed E-state index contributed by atoms with van der Waals surface area (Å²) in [5.41, 5.74) is 5.89. The van der Waals surface area contributed by atoms with Gasteiger partial charge in [-0.3, -0.25) is 9.69 Å². The number of nitrogens with two attached hydrogens (primary N) is 1. The van der Waals surface area contributed by atoms with Gasteiger partial charge in [0.15, 0.2) is 0 Å². The van der Waals surface area contributed by atoms with Crippen molar-refractivity contribution in [2.75, 3.05) is 18.8 Å². The number of carbonyl (C=O) groups excluding carboxylic acids is 1. The van der Waals surface area contributed by atoms with Crippen LogP contribution in [0.4, 0.5) is 10.1 Å². The molecule has 6 heteroatoms. The van der Waals surface area contributed by atoms with E-state index in [1.165, 1.54) is 25.0 Å². The number of hydrogen-bond donors (Lipinski definition) is 2.